The van der Waals surface area contributed by atoms with Crippen LogP contribution in [0.1, 0.15) is 43.0 Å². The number of aliphatic hydroxyl groups is 1. The van der Waals surface area contributed by atoms with Crippen molar-refractivity contribution in [2.75, 3.05) is 5.32 Å². The second-order valence-electron chi connectivity index (χ2n) is 7.65. The van der Waals surface area contributed by atoms with Crippen LogP contribution in [0.25, 0.3) is 11.1 Å². The van der Waals surface area contributed by atoms with Gasteiger partial charge in [0.1, 0.15) is 5.69 Å². The van der Waals surface area contributed by atoms with E-state index in [-0.39, 0.29) is 18.1 Å². The summed E-state index contributed by atoms with van der Waals surface area (Å²) in [4.78, 5) is 7.45. The Balaban J connectivity index is 1.56. The van der Waals surface area contributed by atoms with E-state index >= 15 is 0 Å². The number of nitrogens with one attached hydrogen (secondary N) is 1. The molecule has 0 spiro atoms. The van der Waals surface area contributed by atoms with Gasteiger partial charge >= 0.3 is 6.18 Å². The maximum atomic E-state index is 12.9. The molecule has 1 aliphatic rings. The third-order valence-electron chi connectivity index (χ3n) is 5.25. The SMILES string of the molecule is Cc1cc(Nc2nccc(C(F)(F)F)n2)cc(-c2cnn([C@H]3CC[C@@H](O)CC3)c2)c1. The minimum Gasteiger partial charge on any atom is -0.393 e. The summed E-state index contributed by atoms with van der Waals surface area (Å²) in [6.45, 7) is 1.91. The number of aromatic nitrogens is 4. The van der Waals surface area contributed by atoms with Crippen LogP contribution in [-0.4, -0.2) is 31.0 Å². The first-order valence-electron chi connectivity index (χ1n) is 9.79. The van der Waals surface area contributed by atoms with Crippen LogP contribution in [0.15, 0.2) is 42.9 Å². The van der Waals surface area contributed by atoms with E-state index in [9.17, 15) is 18.3 Å². The quantitative estimate of drug-likeness (QED) is 0.632. The molecule has 2 aromatic heterocycles. The molecular formula is C21H22F3N5O. The Hall–Kier alpha value is -2.94. The molecule has 0 aliphatic heterocycles. The number of aryl methyl sites for hydroxylation is 1. The molecule has 9 heteroatoms. The number of nitrogens with zero attached hydrogens (tertiary/aromatic N) is 4. The average molecular weight is 417 g/mol. The summed E-state index contributed by atoms with van der Waals surface area (Å²) < 4.78 is 40.6. The second kappa shape index (κ2) is 8.06. The molecule has 1 saturated carbocycles. The van der Waals surface area contributed by atoms with Crippen molar-refractivity contribution in [3.63, 3.8) is 0 Å². The third-order valence-corrected chi connectivity index (χ3v) is 5.25. The van der Waals surface area contributed by atoms with Crippen LogP contribution in [0.3, 0.4) is 0 Å². The van der Waals surface area contributed by atoms with E-state index in [0.717, 1.165) is 54.6 Å². The Bertz CT molecular complexity index is 1030. The number of halogens is 3. The van der Waals surface area contributed by atoms with Crippen LogP contribution in [0.2, 0.25) is 0 Å². The molecule has 6 nitrogen and oxygen atoms in total. The van der Waals surface area contributed by atoms with Crippen molar-refractivity contribution in [2.24, 2.45) is 0 Å². The number of aliphatic hydroxyl groups excluding tert-OH is 1. The van der Waals surface area contributed by atoms with Gasteiger partial charge < -0.3 is 10.4 Å². The largest absolute Gasteiger partial charge is 0.433 e. The Morgan fingerprint density at radius 3 is 2.60 bits per heavy atom. The van der Waals surface area contributed by atoms with Gasteiger partial charge in [-0.25, -0.2) is 9.97 Å². The molecule has 1 aliphatic carbocycles. The average Bonchev–Trinajstić information content (AvgIpc) is 3.18. The van der Waals surface area contributed by atoms with Crippen LogP contribution in [0, 0.1) is 6.92 Å². The van der Waals surface area contributed by atoms with Gasteiger partial charge in [-0.15, -0.1) is 0 Å². The molecule has 158 valence electrons. The first kappa shape index (κ1) is 20.3. The van der Waals surface area contributed by atoms with E-state index in [4.69, 9.17) is 0 Å². The number of hydrogen-bond donors (Lipinski definition) is 2. The Morgan fingerprint density at radius 2 is 1.87 bits per heavy atom. The van der Waals surface area contributed by atoms with Crippen molar-refractivity contribution in [2.45, 2.75) is 50.9 Å². The predicted molar refractivity (Wildman–Crippen MR) is 106 cm³/mol. The van der Waals surface area contributed by atoms with Gasteiger partial charge in [-0.1, -0.05) is 6.07 Å². The van der Waals surface area contributed by atoms with Gasteiger partial charge in [0.2, 0.25) is 5.95 Å². The molecule has 1 aromatic carbocycles. The summed E-state index contributed by atoms with van der Waals surface area (Å²) in [6.07, 6.45) is 3.41. The lowest BCUT2D eigenvalue weighted by Crippen LogP contribution is -2.21. The molecule has 2 heterocycles. The number of rotatable bonds is 4. The van der Waals surface area contributed by atoms with Crippen molar-refractivity contribution < 1.29 is 18.3 Å². The lowest BCUT2D eigenvalue weighted by Gasteiger charge is -2.25. The first-order chi connectivity index (χ1) is 14.3. The first-order valence-corrected chi connectivity index (χ1v) is 9.79. The van der Waals surface area contributed by atoms with Crippen LogP contribution >= 0.6 is 0 Å². The monoisotopic (exact) mass is 417 g/mol. The zero-order chi connectivity index (χ0) is 21.3. The highest BCUT2D eigenvalue weighted by Crippen LogP contribution is 2.32. The Morgan fingerprint density at radius 1 is 1.10 bits per heavy atom. The number of benzene rings is 1. The van der Waals surface area contributed by atoms with Crippen LogP contribution in [0.4, 0.5) is 24.8 Å². The summed E-state index contributed by atoms with van der Waals surface area (Å²) in [6, 6.07) is 6.75. The molecule has 1 fully saturated rings. The fourth-order valence-electron chi connectivity index (χ4n) is 3.74. The van der Waals surface area contributed by atoms with E-state index in [0.29, 0.717) is 5.69 Å². The number of alkyl halides is 3. The molecule has 2 N–H and O–H groups in total. The minimum absolute atomic E-state index is 0.113. The fourth-order valence-corrected chi connectivity index (χ4v) is 3.74. The summed E-state index contributed by atoms with van der Waals surface area (Å²) in [5.74, 6) is -0.113. The van der Waals surface area contributed by atoms with Crippen molar-refractivity contribution in [3.05, 3.63) is 54.1 Å². The van der Waals surface area contributed by atoms with Gasteiger partial charge in [-0.05, 0) is 61.9 Å². The Kier molecular flexibility index (Phi) is 5.46. The lowest BCUT2D eigenvalue weighted by atomic mass is 9.93. The summed E-state index contributed by atoms with van der Waals surface area (Å²) >= 11 is 0. The molecule has 0 amide bonds. The molecule has 0 radical (unpaired) electrons. The van der Waals surface area contributed by atoms with Crippen LogP contribution in [-0.2, 0) is 6.18 Å². The predicted octanol–water partition coefficient (Wildman–Crippen LogP) is 4.89. The molecule has 4 rings (SSSR count). The molecule has 0 unspecified atom stereocenters. The highest BCUT2D eigenvalue weighted by Gasteiger charge is 2.32. The van der Waals surface area contributed by atoms with Gasteiger partial charge in [0.15, 0.2) is 0 Å². The zero-order valence-electron chi connectivity index (χ0n) is 16.4. The van der Waals surface area contributed by atoms with Crippen LogP contribution < -0.4 is 5.32 Å². The van der Waals surface area contributed by atoms with Gasteiger partial charge in [0, 0.05) is 23.6 Å². The molecule has 0 bridgehead atoms. The fraction of sp³-hybridized carbons (Fsp3) is 0.381. The van der Waals surface area contributed by atoms with Gasteiger partial charge in [-0.3, -0.25) is 4.68 Å². The number of hydrogen-bond acceptors (Lipinski definition) is 5. The van der Waals surface area contributed by atoms with Gasteiger partial charge in [-0.2, -0.15) is 18.3 Å². The molecular weight excluding hydrogens is 395 g/mol. The van der Waals surface area contributed by atoms with Crippen molar-refractivity contribution in [1.29, 1.82) is 0 Å². The molecule has 0 saturated heterocycles. The number of anilines is 2. The van der Waals surface area contributed by atoms with Crippen molar-refractivity contribution >= 4 is 11.6 Å². The maximum Gasteiger partial charge on any atom is 0.433 e. The molecule has 3 aromatic rings. The van der Waals surface area contributed by atoms with Crippen molar-refractivity contribution in [3.8, 4) is 11.1 Å². The minimum atomic E-state index is -4.53. The normalized spacial score (nSPS) is 19.6. The lowest BCUT2D eigenvalue weighted by molar-refractivity contribution is -0.141. The standard InChI is InChI=1S/C21H22F3N5O/c1-13-8-14(15-11-26-29(12-15)17-2-4-18(30)5-3-17)10-16(9-13)27-20-25-7-6-19(28-20)21(22,23)24/h6-12,17-18,30H,2-5H2,1H3,(H,25,27,28)/t17-,18+. The second-order valence-corrected chi connectivity index (χ2v) is 7.65. The van der Waals surface area contributed by atoms with Gasteiger partial charge in [0.05, 0.1) is 18.3 Å². The third kappa shape index (κ3) is 4.62. The Labute approximate surface area is 171 Å². The summed E-state index contributed by atoms with van der Waals surface area (Å²) in [5.41, 5.74) is 2.35. The highest BCUT2D eigenvalue weighted by molar-refractivity contribution is 5.70. The van der Waals surface area contributed by atoms with E-state index in [1.165, 1.54) is 0 Å². The maximum absolute atomic E-state index is 12.9. The highest BCUT2D eigenvalue weighted by atomic mass is 19.4. The van der Waals surface area contributed by atoms with Crippen molar-refractivity contribution in [1.82, 2.24) is 19.7 Å². The molecule has 0 atom stereocenters. The van der Waals surface area contributed by atoms with E-state index in [1.807, 2.05) is 36.0 Å². The molecule has 30 heavy (non-hydrogen) atoms. The topological polar surface area (TPSA) is 75.9 Å². The smallest absolute Gasteiger partial charge is 0.393 e. The van der Waals surface area contributed by atoms with E-state index < -0.39 is 11.9 Å². The van der Waals surface area contributed by atoms with Crippen LogP contribution in [0.5, 0.6) is 0 Å². The summed E-state index contributed by atoms with van der Waals surface area (Å²) in [5, 5.41) is 17.0. The van der Waals surface area contributed by atoms with Gasteiger partial charge in [0.25, 0.3) is 0 Å². The van der Waals surface area contributed by atoms with E-state index in [2.05, 4.69) is 20.4 Å². The zero-order valence-corrected chi connectivity index (χ0v) is 16.4. The summed E-state index contributed by atoms with van der Waals surface area (Å²) in [7, 11) is 0. The van der Waals surface area contributed by atoms with E-state index in [1.54, 1.807) is 6.20 Å².